The molecule has 210 valence electrons. The van der Waals surface area contributed by atoms with Crippen molar-refractivity contribution in [2.75, 3.05) is 7.11 Å². The third kappa shape index (κ3) is 14.8. The number of unbranched alkanes of at least 4 members (excludes halogenated alkanes) is 14. The highest BCUT2D eigenvalue weighted by atomic mass is 16.5. The van der Waals surface area contributed by atoms with Gasteiger partial charge in [-0.2, -0.15) is 5.10 Å². The Morgan fingerprint density at radius 1 is 0.763 bits per heavy atom. The van der Waals surface area contributed by atoms with Crippen LogP contribution >= 0.6 is 0 Å². The van der Waals surface area contributed by atoms with Crippen LogP contribution in [-0.4, -0.2) is 19.2 Å². The maximum absolute atomic E-state index is 12.1. The predicted molar refractivity (Wildman–Crippen MR) is 159 cm³/mol. The summed E-state index contributed by atoms with van der Waals surface area (Å²) < 4.78 is 11.4. The first kappa shape index (κ1) is 31.4. The number of nitrogens with one attached hydrogen (secondary N) is 1. The van der Waals surface area contributed by atoms with Crippen LogP contribution in [0.15, 0.2) is 53.6 Å². The molecule has 0 saturated carbocycles. The quantitative estimate of drug-likeness (QED) is 0.0953. The fraction of sp³-hybridized carbons (Fsp3) is 0.576. The van der Waals surface area contributed by atoms with Crippen LogP contribution in [0.1, 0.15) is 121 Å². The van der Waals surface area contributed by atoms with E-state index in [-0.39, 0.29) is 5.91 Å². The van der Waals surface area contributed by atoms with Gasteiger partial charge in [0.25, 0.3) is 0 Å². The topological polar surface area (TPSA) is 59.9 Å². The maximum Gasteiger partial charge on any atom is 0.240 e. The summed E-state index contributed by atoms with van der Waals surface area (Å²) in [4.78, 5) is 12.1. The molecular weight excluding hydrogens is 472 g/mol. The van der Waals surface area contributed by atoms with Gasteiger partial charge >= 0.3 is 0 Å². The van der Waals surface area contributed by atoms with Crippen LogP contribution in [0.3, 0.4) is 0 Å². The second kappa shape index (κ2) is 21.2. The van der Waals surface area contributed by atoms with Gasteiger partial charge in [0.05, 0.1) is 13.3 Å². The normalized spacial score (nSPS) is 11.1. The minimum absolute atomic E-state index is 0.0364. The number of ether oxygens (including phenoxy) is 2. The first-order valence-corrected chi connectivity index (χ1v) is 14.9. The molecule has 0 unspecified atom stereocenters. The maximum atomic E-state index is 12.1. The zero-order valence-corrected chi connectivity index (χ0v) is 23.9. The Labute approximate surface area is 231 Å². The average Bonchev–Trinajstić information content (AvgIpc) is 2.94. The highest BCUT2D eigenvalue weighted by Crippen LogP contribution is 2.28. The molecule has 0 bridgehead atoms. The summed E-state index contributed by atoms with van der Waals surface area (Å²) in [5.41, 5.74) is 4.57. The predicted octanol–water partition coefficient (Wildman–Crippen LogP) is 8.99. The van der Waals surface area contributed by atoms with E-state index in [2.05, 4.69) is 17.5 Å². The number of rotatable bonds is 22. The minimum atomic E-state index is -0.0364. The lowest BCUT2D eigenvalue weighted by molar-refractivity contribution is -0.121. The van der Waals surface area contributed by atoms with Gasteiger partial charge in [0.1, 0.15) is 6.61 Å². The monoisotopic (exact) mass is 522 g/mol. The molecule has 2 rings (SSSR count). The van der Waals surface area contributed by atoms with Gasteiger partial charge in [-0.25, -0.2) is 5.43 Å². The van der Waals surface area contributed by atoms with E-state index in [9.17, 15) is 4.79 Å². The fourth-order valence-corrected chi connectivity index (χ4v) is 4.51. The third-order valence-electron chi connectivity index (χ3n) is 6.84. The number of benzene rings is 2. The Hall–Kier alpha value is -2.82. The average molecular weight is 523 g/mol. The van der Waals surface area contributed by atoms with Crippen molar-refractivity contribution in [3.05, 3.63) is 59.7 Å². The van der Waals surface area contributed by atoms with Crippen LogP contribution < -0.4 is 14.9 Å². The standard InChI is InChI=1S/C33H50N2O3/c1-3-4-5-6-7-8-9-10-11-12-13-14-15-16-20-23-33(36)35-34-27-30-24-25-31(32(26-30)37-2)38-28-29-21-18-17-19-22-29/h17-19,21-22,24-27H,3-16,20,23,28H2,1-2H3,(H,35,36)/b34-27+. The minimum Gasteiger partial charge on any atom is -0.493 e. The molecule has 0 aromatic heterocycles. The van der Waals surface area contributed by atoms with Gasteiger partial charge in [0, 0.05) is 6.42 Å². The lowest BCUT2D eigenvalue weighted by atomic mass is 10.0. The SMILES string of the molecule is CCCCCCCCCCCCCCCCCC(=O)N/N=C/c1ccc(OCc2ccccc2)c(OC)c1. The Balaban J connectivity index is 1.49. The molecule has 0 radical (unpaired) electrons. The van der Waals surface area contributed by atoms with Crippen molar-refractivity contribution in [3.63, 3.8) is 0 Å². The van der Waals surface area contributed by atoms with E-state index in [1.807, 2.05) is 48.5 Å². The summed E-state index contributed by atoms with van der Waals surface area (Å²) >= 11 is 0. The summed E-state index contributed by atoms with van der Waals surface area (Å²) in [6.07, 6.45) is 22.0. The smallest absolute Gasteiger partial charge is 0.240 e. The van der Waals surface area contributed by atoms with Gasteiger partial charge in [-0.3, -0.25) is 4.79 Å². The van der Waals surface area contributed by atoms with Crippen LogP contribution in [0, 0.1) is 0 Å². The molecule has 2 aromatic rings. The number of hydrogen-bond donors (Lipinski definition) is 1. The molecule has 38 heavy (non-hydrogen) atoms. The zero-order valence-electron chi connectivity index (χ0n) is 23.9. The molecule has 0 aliphatic heterocycles. The summed E-state index contributed by atoms with van der Waals surface area (Å²) in [6, 6.07) is 15.6. The number of carbonyl (C=O) groups excluding carboxylic acids is 1. The second-order valence-electron chi connectivity index (χ2n) is 10.2. The molecule has 0 aliphatic rings. The summed E-state index contributed by atoms with van der Waals surface area (Å²) in [5, 5.41) is 4.11. The van der Waals surface area contributed by atoms with E-state index >= 15 is 0 Å². The Kier molecular flexibility index (Phi) is 17.5. The molecule has 1 amide bonds. The Morgan fingerprint density at radius 2 is 1.34 bits per heavy atom. The van der Waals surface area contributed by atoms with E-state index in [4.69, 9.17) is 9.47 Å². The second-order valence-corrected chi connectivity index (χ2v) is 10.2. The molecule has 0 fully saturated rings. The third-order valence-corrected chi connectivity index (χ3v) is 6.84. The van der Waals surface area contributed by atoms with E-state index < -0.39 is 0 Å². The summed E-state index contributed by atoms with van der Waals surface area (Å²) in [7, 11) is 1.62. The van der Waals surface area contributed by atoms with Crippen molar-refractivity contribution in [2.24, 2.45) is 5.10 Å². The van der Waals surface area contributed by atoms with E-state index in [1.54, 1.807) is 13.3 Å². The van der Waals surface area contributed by atoms with Crippen LogP contribution in [-0.2, 0) is 11.4 Å². The van der Waals surface area contributed by atoms with Crippen LogP contribution in [0.2, 0.25) is 0 Å². The van der Waals surface area contributed by atoms with Gasteiger partial charge in [-0.1, -0.05) is 127 Å². The largest absolute Gasteiger partial charge is 0.493 e. The van der Waals surface area contributed by atoms with Gasteiger partial charge < -0.3 is 9.47 Å². The van der Waals surface area contributed by atoms with Crippen molar-refractivity contribution >= 4 is 12.1 Å². The van der Waals surface area contributed by atoms with Crippen molar-refractivity contribution in [1.82, 2.24) is 5.43 Å². The van der Waals surface area contributed by atoms with Gasteiger partial charge in [-0.05, 0) is 35.7 Å². The van der Waals surface area contributed by atoms with Crippen molar-refractivity contribution in [2.45, 2.75) is 116 Å². The van der Waals surface area contributed by atoms with E-state index in [1.165, 1.54) is 83.5 Å². The Bertz CT molecular complexity index is 898. The lowest BCUT2D eigenvalue weighted by Crippen LogP contribution is -2.16. The van der Waals surface area contributed by atoms with Crippen molar-refractivity contribution < 1.29 is 14.3 Å². The molecule has 1 N–H and O–H groups in total. The molecule has 5 heteroatoms. The number of hydrogen-bond acceptors (Lipinski definition) is 4. The molecule has 0 atom stereocenters. The van der Waals surface area contributed by atoms with Gasteiger partial charge in [-0.15, -0.1) is 0 Å². The summed E-state index contributed by atoms with van der Waals surface area (Å²) in [5.74, 6) is 1.27. The molecule has 0 spiro atoms. The number of methoxy groups -OCH3 is 1. The molecule has 5 nitrogen and oxygen atoms in total. The van der Waals surface area contributed by atoms with E-state index in [0.29, 0.717) is 24.5 Å². The van der Waals surface area contributed by atoms with Crippen molar-refractivity contribution in [3.8, 4) is 11.5 Å². The highest BCUT2D eigenvalue weighted by Gasteiger charge is 2.06. The van der Waals surface area contributed by atoms with E-state index in [0.717, 1.165) is 24.0 Å². The molecular formula is C33H50N2O3. The molecule has 0 heterocycles. The first-order valence-electron chi connectivity index (χ1n) is 14.9. The molecule has 0 saturated heterocycles. The van der Waals surface area contributed by atoms with Crippen LogP contribution in [0.5, 0.6) is 11.5 Å². The first-order chi connectivity index (χ1) is 18.7. The number of carbonyl (C=O) groups is 1. The Morgan fingerprint density at radius 3 is 1.92 bits per heavy atom. The van der Waals surface area contributed by atoms with Crippen LogP contribution in [0.4, 0.5) is 0 Å². The zero-order chi connectivity index (χ0) is 27.1. The molecule has 2 aromatic carbocycles. The molecule has 0 aliphatic carbocycles. The van der Waals surface area contributed by atoms with Gasteiger partial charge in [0.15, 0.2) is 11.5 Å². The number of amides is 1. The number of nitrogens with zero attached hydrogens (tertiary/aromatic N) is 1. The highest BCUT2D eigenvalue weighted by molar-refractivity contribution is 5.83. The van der Waals surface area contributed by atoms with Crippen molar-refractivity contribution in [1.29, 1.82) is 0 Å². The van der Waals surface area contributed by atoms with Gasteiger partial charge in [0.2, 0.25) is 5.91 Å². The fourth-order valence-electron chi connectivity index (χ4n) is 4.51. The summed E-state index contributed by atoms with van der Waals surface area (Å²) in [6.45, 7) is 2.75. The number of hydrazone groups is 1. The lowest BCUT2D eigenvalue weighted by Gasteiger charge is -2.11. The van der Waals surface area contributed by atoms with Crippen LogP contribution in [0.25, 0.3) is 0 Å².